The predicted molar refractivity (Wildman–Crippen MR) is 86.4 cm³/mol. The quantitative estimate of drug-likeness (QED) is 0.781. The van der Waals surface area contributed by atoms with Crippen LogP contribution in [0.5, 0.6) is 0 Å². The monoisotopic (exact) mass is 283 g/mol. The number of thiazole rings is 1. The molecule has 0 aliphatic rings. The fourth-order valence-corrected chi connectivity index (χ4v) is 3.37. The number of hydrogen-bond acceptors (Lipinski definition) is 4. The maximum atomic E-state index is 4.87. The molecule has 0 saturated heterocycles. The van der Waals surface area contributed by atoms with E-state index in [1.165, 1.54) is 23.4 Å². The summed E-state index contributed by atoms with van der Waals surface area (Å²) in [5, 5.41) is 4.58. The van der Waals surface area contributed by atoms with Crippen molar-refractivity contribution < 1.29 is 0 Å². The van der Waals surface area contributed by atoms with Crippen molar-refractivity contribution in [1.29, 1.82) is 0 Å². The maximum absolute atomic E-state index is 4.87. The van der Waals surface area contributed by atoms with Gasteiger partial charge >= 0.3 is 0 Å². The lowest BCUT2D eigenvalue weighted by atomic mass is 10.1. The van der Waals surface area contributed by atoms with Gasteiger partial charge < -0.3 is 10.2 Å². The molecule has 3 nitrogen and oxygen atoms in total. The van der Waals surface area contributed by atoms with Crippen molar-refractivity contribution in [3.8, 4) is 0 Å². The molecule has 1 N–H and O–H groups in total. The summed E-state index contributed by atoms with van der Waals surface area (Å²) in [4.78, 5) is 8.59. The first-order valence-electron chi connectivity index (χ1n) is 7.44. The van der Waals surface area contributed by atoms with Crippen LogP contribution in [0.3, 0.4) is 0 Å². The Labute approximate surface area is 122 Å². The zero-order valence-electron chi connectivity index (χ0n) is 13.3. The van der Waals surface area contributed by atoms with Gasteiger partial charge in [-0.1, -0.05) is 34.1 Å². The second kappa shape index (κ2) is 7.85. The van der Waals surface area contributed by atoms with Crippen LogP contribution in [0, 0.1) is 0 Å². The van der Waals surface area contributed by atoms with Crippen LogP contribution >= 0.6 is 11.3 Å². The van der Waals surface area contributed by atoms with Gasteiger partial charge in [-0.2, -0.15) is 0 Å². The standard InChI is InChI=1S/C15H29N3S/c1-7-9-12(5)18(6)15-17-14(11(3)4)13(19-15)10-16-8-2/h11-12,16H,7-10H2,1-6H3. The van der Waals surface area contributed by atoms with Gasteiger partial charge in [-0.3, -0.25) is 0 Å². The molecule has 1 aromatic rings. The van der Waals surface area contributed by atoms with E-state index < -0.39 is 0 Å². The highest BCUT2D eigenvalue weighted by molar-refractivity contribution is 7.15. The minimum atomic E-state index is 0.494. The van der Waals surface area contributed by atoms with Crippen LogP contribution < -0.4 is 10.2 Å². The van der Waals surface area contributed by atoms with E-state index >= 15 is 0 Å². The van der Waals surface area contributed by atoms with Crippen LogP contribution in [-0.2, 0) is 6.54 Å². The number of nitrogens with one attached hydrogen (secondary N) is 1. The Morgan fingerprint density at radius 1 is 1.26 bits per heavy atom. The molecule has 1 aromatic heterocycles. The molecule has 1 atom stereocenters. The fourth-order valence-electron chi connectivity index (χ4n) is 2.12. The molecule has 0 aliphatic heterocycles. The van der Waals surface area contributed by atoms with Gasteiger partial charge in [-0.15, -0.1) is 11.3 Å². The van der Waals surface area contributed by atoms with Gasteiger partial charge in [0.2, 0.25) is 0 Å². The number of aromatic nitrogens is 1. The van der Waals surface area contributed by atoms with Gasteiger partial charge in [-0.25, -0.2) is 4.98 Å². The van der Waals surface area contributed by atoms with E-state index in [4.69, 9.17) is 4.98 Å². The Hall–Kier alpha value is -0.610. The summed E-state index contributed by atoms with van der Waals surface area (Å²) >= 11 is 1.84. The SMILES string of the molecule is CCCC(C)N(C)c1nc(C(C)C)c(CNCC)s1. The van der Waals surface area contributed by atoms with Gasteiger partial charge in [0.15, 0.2) is 5.13 Å². The maximum Gasteiger partial charge on any atom is 0.185 e. The van der Waals surface area contributed by atoms with Crippen molar-refractivity contribution in [2.24, 2.45) is 0 Å². The van der Waals surface area contributed by atoms with Gasteiger partial charge in [0.25, 0.3) is 0 Å². The highest BCUT2D eigenvalue weighted by Gasteiger charge is 2.18. The van der Waals surface area contributed by atoms with Crippen molar-refractivity contribution in [3.05, 3.63) is 10.6 Å². The Kier molecular flexibility index (Phi) is 6.80. The molecule has 0 saturated carbocycles. The average molecular weight is 283 g/mol. The molecule has 1 rings (SSSR count). The van der Waals surface area contributed by atoms with Crippen LogP contribution in [0.25, 0.3) is 0 Å². The van der Waals surface area contributed by atoms with E-state index in [0.717, 1.165) is 18.2 Å². The van der Waals surface area contributed by atoms with E-state index in [1.54, 1.807) is 0 Å². The van der Waals surface area contributed by atoms with E-state index in [9.17, 15) is 0 Å². The van der Waals surface area contributed by atoms with Gasteiger partial charge in [0.1, 0.15) is 0 Å². The van der Waals surface area contributed by atoms with Crippen molar-refractivity contribution in [2.75, 3.05) is 18.5 Å². The summed E-state index contributed by atoms with van der Waals surface area (Å²) in [6.45, 7) is 13.1. The Morgan fingerprint density at radius 3 is 2.47 bits per heavy atom. The lowest BCUT2D eigenvalue weighted by Gasteiger charge is -2.23. The number of anilines is 1. The highest BCUT2D eigenvalue weighted by atomic mass is 32.1. The Balaban J connectivity index is 2.89. The molecule has 0 aromatic carbocycles. The van der Waals surface area contributed by atoms with Gasteiger partial charge in [0.05, 0.1) is 5.69 Å². The summed E-state index contributed by atoms with van der Waals surface area (Å²) in [5.74, 6) is 0.494. The third kappa shape index (κ3) is 4.46. The van der Waals surface area contributed by atoms with Gasteiger partial charge in [0, 0.05) is 24.5 Å². The van der Waals surface area contributed by atoms with Crippen molar-refractivity contribution in [3.63, 3.8) is 0 Å². The summed E-state index contributed by atoms with van der Waals surface area (Å²) in [5.41, 5.74) is 1.26. The zero-order valence-corrected chi connectivity index (χ0v) is 14.1. The van der Waals surface area contributed by atoms with Crippen LogP contribution in [0.2, 0.25) is 0 Å². The molecule has 4 heteroatoms. The predicted octanol–water partition coefficient (Wildman–Crippen LogP) is 4.00. The van der Waals surface area contributed by atoms with E-state index in [1.807, 2.05) is 11.3 Å². The number of nitrogens with zero attached hydrogens (tertiary/aromatic N) is 2. The molecule has 0 aliphatic carbocycles. The van der Waals surface area contributed by atoms with Gasteiger partial charge in [-0.05, 0) is 25.8 Å². The zero-order chi connectivity index (χ0) is 14.4. The van der Waals surface area contributed by atoms with E-state index in [2.05, 4.69) is 51.9 Å². The number of rotatable bonds is 8. The minimum Gasteiger partial charge on any atom is -0.348 e. The van der Waals surface area contributed by atoms with Crippen molar-refractivity contribution >= 4 is 16.5 Å². The normalized spacial score (nSPS) is 13.0. The molecular formula is C15H29N3S. The third-order valence-corrected chi connectivity index (χ3v) is 4.63. The topological polar surface area (TPSA) is 28.2 Å². The summed E-state index contributed by atoms with van der Waals surface area (Å²) in [6, 6.07) is 0.558. The lowest BCUT2D eigenvalue weighted by molar-refractivity contribution is 0.613. The van der Waals surface area contributed by atoms with Crippen LogP contribution in [0.1, 0.15) is 63.9 Å². The third-order valence-electron chi connectivity index (χ3n) is 3.47. The largest absolute Gasteiger partial charge is 0.348 e. The fraction of sp³-hybridized carbons (Fsp3) is 0.800. The summed E-state index contributed by atoms with van der Waals surface area (Å²) < 4.78 is 0. The first-order chi connectivity index (χ1) is 9.01. The summed E-state index contributed by atoms with van der Waals surface area (Å²) in [6.07, 6.45) is 2.44. The Bertz CT molecular complexity index is 373. The first kappa shape index (κ1) is 16.4. The molecule has 19 heavy (non-hydrogen) atoms. The molecule has 0 radical (unpaired) electrons. The molecule has 0 fully saturated rings. The second-order valence-electron chi connectivity index (χ2n) is 5.49. The Morgan fingerprint density at radius 2 is 1.95 bits per heavy atom. The molecular weight excluding hydrogens is 254 g/mol. The highest BCUT2D eigenvalue weighted by Crippen LogP contribution is 2.31. The number of hydrogen-bond donors (Lipinski definition) is 1. The van der Waals surface area contributed by atoms with Crippen LogP contribution in [0.15, 0.2) is 0 Å². The first-order valence-corrected chi connectivity index (χ1v) is 8.25. The molecule has 0 amide bonds. The second-order valence-corrected chi connectivity index (χ2v) is 6.55. The van der Waals surface area contributed by atoms with E-state index in [0.29, 0.717) is 12.0 Å². The molecule has 1 heterocycles. The molecule has 110 valence electrons. The average Bonchev–Trinajstić information content (AvgIpc) is 2.79. The smallest absolute Gasteiger partial charge is 0.185 e. The minimum absolute atomic E-state index is 0.494. The molecule has 0 spiro atoms. The molecule has 0 bridgehead atoms. The van der Waals surface area contributed by atoms with E-state index in [-0.39, 0.29) is 0 Å². The molecule has 1 unspecified atom stereocenters. The lowest BCUT2D eigenvalue weighted by Crippen LogP contribution is -2.28. The van der Waals surface area contributed by atoms with Crippen molar-refractivity contribution in [2.45, 2.75) is 66.0 Å². The summed E-state index contributed by atoms with van der Waals surface area (Å²) in [7, 11) is 2.17. The van der Waals surface area contributed by atoms with Crippen LogP contribution in [-0.4, -0.2) is 24.6 Å². The van der Waals surface area contributed by atoms with Crippen molar-refractivity contribution in [1.82, 2.24) is 10.3 Å². The van der Waals surface area contributed by atoms with Crippen LogP contribution in [0.4, 0.5) is 5.13 Å².